The number of likely N-dealkylation sites (N-methyl/N-ethyl adjacent to an activating group) is 1. The van der Waals surface area contributed by atoms with Crippen LogP contribution in [0.15, 0.2) is 22.2 Å². The number of allylic oxidation sites excluding steroid dienone is 1. The zero-order valence-electron chi connectivity index (χ0n) is 15.6. The molecule has 3 rings (SSSR count). The molecule has 1 fully saturated rings. The van der Waals surface area contributed by atoms with Gasteiger partial charge in [-0.1, -0.05) is 17.1 Å². The van der Waals surface area contributed by atoms with Gasteiger partial charge in [0.05, 0.1) is 11.8 Å². The van der Waals surface area contributed by atoms with E-state index in [-0.39, 0.29) is 30.6 Å². The second-order valence-corrected chi connectivity index (χ2v) is 6.79. The Morgan fingerprint density at radius 2 is 2.00 bits per heavy atom. The van der Waals surface area contributed by atoms with Crippen LogP contribution in [-0.2, 0) is 4.79 Å². The van der Waals surface area contributed by atoms with Crippen LogP contribution in [-0.4, -0.2) is 80.5 Å². The number of imide groups is 1. The van der Waals surface area contributed by atoms with Gasteiger partial charge in [-0.25, -0.2) is 9.37 Å². The van der Waals surface area contributed by atoms with Gasteiger partial charge in [-0.15, -0.1) is 10.1 Å². The summed E-state index contributed by atoms with van der Waals surface area (Å²) in [7, 11) is 1.67. The Bertz CT molecular complexity index is 748. The second-order valence-electron chi connectivity index (χ2n) is 6.79. The average Bonchev–Trinajstić information content (AvgIpc) is 2.97. The highest BCUT2D eigenvalue weighted by atomic mass is 16.2. The maximum Gasteiger partial charge on any atom is 0.417 e. The number of amides is 3. The Balaban J connectivity index is 2.08. The average molecular weight is 345 g/mol. The summed E-state index contributed by atoms with van der Waals surface area (Å²) in [4.78, 5) is 33.1. The summed E-state index contributed by atoms with van der Waals surface area (Å²) in [6.07, 6.45) is 3.63. The van der Waals surface area contributed by atoms with Gasteiger partial charge in [0.2, 0.25) is 11.9 Å². The fraction of sp³-hybridized carbons (Fsp3) is 0.588. The van der Waals surface area contributed by atoms with Crippen LogP contribution in [0.5, 0.6) is 0 Å². The van der Waals surface area contributed by atoms with Crippen LogP contribution in [0.4, 0.5) is 4.79 Å². The molecule has 3 aliphatic heterocycles. The molecule has 134 valence electrons. The van der Waals surface area contributed by atoms with E-state index in [1.54, 1.807) is 13.1 Å². The summed E-state index contributed by atoms with van der Waals surface area (Å²) < 4.78 is 1.98. The SMILES string of the molecule is C/C=C/CN1C(=O)C2C(=NC3=[N+]2C(C)C(C)=NN3C(C)C)N(C)C1=O. The molecule has 2 unspecified atom stereocenters. The van der Waals surface area contributed by atoms with Gasteiger partial charge in [-0.05, 0) is 34.6 Å². The molecular weight excluding hydrogens is 320 g/mol. The smallest absolute Gasteiger partial charge is 0.270 e. The first-order valence-corrected chi connectivity index (χ1v) is 8.58. The minimum Gasteiger partial charge on any atom is -0.270 e. The summed E-state index contributed by atoms with van der Waals surface area (Å²) in [6, 6.07) is -0.908. The van der Waals surface area contributed by atoms with Crippen LogP contribution >= 0.6 is 0 Å². The number of amidine groups is 1. The van der Waals surface area contributed by atoms with Crippen molar-refractivity contribution in [1.82, 2.24) is 14.8 Å². The number of hydrazone groups is 1. The minimum atomic E-state index is -0.593. The normalized spacial score (nSPS) is 26.6. The van der Waals surface area contributed by atoms with Gasteiger partial charge in [-0.3, -0.25) is 14.6 Å². The predicted octanol–water partition coefficient (Wildman–Crippen LogP) is 1.09. The highest BCUT2D eigenvalue weighted by Gasteiger charge is 2.56. The van der Waals surface area contributed by atoms with E-state index in [2.05, 4.69) is 10.1 Å². The molecule has 8 nitrogen and oxygen atoms in total. The van der Waals surface area contributed by atoms with Gasteiger partial charge >= 0.3 is 12.0 Å². The Kier molecular flexibility index (Phi) is 4.22. The molecule has 0 radical (unpaired) electrons. The Labute approximate surface area is 147 Å². The largest absolute Gasteiger partial charge is 0.417 e. The molecule has 1 saturated heterocycles. The van der Waals surface area contributed by atoms with Gasteiger partial charge in [0, 0.05) is 13.6 Å². The molecule has 3 heterocycles. The van der Waals surface area contributed by atoms with E-state index in [4.69, 9.17) is 0 Å². The number of carbonyl (C=O) groups is 2. The first-order chi connectivity index (χ1) is 11.8. The van der Waals surface area contributed by atoms with Crippen LogP contribution in [0, 0.1) is 0 Å². The Morgan fingerprint density at radius 1 is 1.32 bits per heavy atom. The molecule has 0 bridgehead atoms. The van der Waals surface area contributed by atoms with Gasteiger partial charge in [0.25, 0.3) is 5.91 Å². The lowest BCUT2D eigenvalue weighted by Crippen LogP contribution is -2.64. The van der Waals surface area contributed by atoms with Crippen molar-refractivity contribution in [2.45, 2.75) is 52.7 Å². The third kappa shape index (κ3) is 2.47. The molecule has 3 amide bonds. The van der Waals surface area contributed by atoms with Gasteiger partial charge in [0.15, 0.2) is 0 Å². The molecule has 0 saturated carbocycles. The van der Waals surface area contributed by atoms with Gasteiger partial charge in [-0.2, -0.15) is 0 Å². The van der Waals surface area contributed by atoms with Crippen molar-refractivity contribution in [3.05, 3.63) is 12.2 Å². The topological polar surface area (TPSA) is 71.6 Å². The number of fused-ring (bicyclic) bond motifs is 2. The fourth-order valence-corrected chi connectivity index (χ4v) is 3.26. The highest BCUT2D eigenvalue weighted by molar-refractivity contribution is 6.23. The molecule has 3 aliphatic rings. The number of urea groups is 1. The zero-order valence-corrected chi connectivity index (χ0v) is 15.6. The quantitative estimate of drug-likeness (QED) is 0.568. The summed E-state index contributed by atoms with van der Waals surface area (Å²) in [5.41, 5.74) is 0.918. The van der Waals surface area contributed by atoms with E-state index in [0.717, 1.165) is 5.71 Å². The lowest BCUT2D eigenvalue weighted by Gasteiger charge is -2.35. The van der Waals surface area contributed by atoms with Crippen molar-refractivity contribution >= 4 is 29.4 Å². The third-order valence-corrected chi connectivity index (χ3v) is 4.83. The minimum absolute atomic E-state index is 0.0645. The number of nitrogens with zero attached hydrogens (tertiary/aromatic N) is 6. The van der Waals surface area contributed by atoms with Crippen LogP contribution in [0.2, 0.25) is 0 Å². The third-order valence-electron chi connectivity index (χ3n) is 4.83. The predicted molar refractivity (Wildman–Crippen MR) is 95.7 cm³/mol. The highest BCUT2D eigenvalue weighted by Crippen LogP contribution is 2.26. The van der Waals surface area contributed by atoms with Crippen molar-refractivity contribution in [1.29, 1.82) is 0 Å². The number of carbonyl (C=O) groups excluding carboxylic acids is 2. The molecule has 0 spiro atoms. The van der Waals surface area contributed by atoms with Gasteiger partial charge < -0.3 is 0 Å². The van der Waals surface area contributed by atoms with Crippen molar-refractivity contribution in [2.24, 2.45) is 10.1 Å². The Hall–Kier alpha value is -2.51. The molecule has 0 N–H and O–H groups in total. The maximum atomic E-state index is 13.1. The lowest BCUT2D eigenvalue weighted by molar-refractivity contribution is -0.559. The van der Waals surface area contributed by atoms with Crippen LogP contribution in [0.1, 0.15) is 34.6 Å². The fourth-order valence-electron chi connectivity index (χ4n) is 3.26. The summed E-state index contributed by atoms with van der Waals surface area (Å²) in [6.45, 7) is 10.1. The maximum absolute atomic E-state index is 13.1. The number of hydrogen-bond acceptors (Lipinski definition) is 5. The summed E-state index contributed by atoms with van der Waals surface area (Å²) in [5, 5.41) is 6.45. The van der Waals surface area contributed by atoms with E-state index in [1.165, 1.54) is 9.80 Å². The van der Waals surface area contributed by atoms with E-state index in [0.29, 0.717) is 11.8 Å². The molecule has 8 heteroatoms. The van der Waals surface area contributed by atoms with Crippen LogP contribution in [0.3, 0.4) is 0 Å². The van der Waals surface area contributed by atoms with Gasteiger partial charge in [0.1, 0.15) is 6.04 Å². The van der Waals surface area contributed by atoms with Crippen molar-refractivity contribution in [2.75, 3.05) is 13.6 Å². The van der Waals surface area contributed by atoms with Crippen molar-refractivity contribution < 1.29 is 14.2 Å². The molecule has 0 aliphatic carbocycles. The molecular formula is C17H25N6O2+. The number of rotatable bonds is 3. The second kappa shape index (κ2) is 6.09. The molecule has 25 heavy (non-hydrogen) atoms. The number of aliphatic imine (C=N–C) groups is 1. The standard InChI is InChI=1S/C17H25N6O2/c1-7-8-9-21-15(24)13-14(20(6)17(21)25)18-16-22(13)12(5)11(4)19-23(16)10(2)3/h7-8,10,12-13H,9H2,1-6H3/q+1/b8-7+. The Morgan fingerprint density at radius 3 is 2.60 bits per heavy atom. The van der Waals surface area contributed by atoms with E-state index in [9.17, 15) is 9.59 Å². The summed E-state index contributed by atoms with van der Waals surface area (Å²) in [5.74, 6) is 0.873. The zero-order chi connectivity index (χ0) is 18.5. The van der Waals surface area contributed by atoms with Crippen LogP contribution < -0.4 is 0 Å². The van der Waals surface area contributed by atoms with E-state index >= 15 is 0 Å². The number of hydrogen-bond donors (Lipinski definition) is 0. The van der Waals surface area contributed by atoms with Crippen molar-refractivity contribution in [3.63, 3.8) is 0 Å². The molecule has 0 aromatic carbocycles. The number of guanidine groups is 1. The van der Waals surface area contributed by atoms with Crippen molar-refractivity contribution in [3.8, 4) is 0 Å². The lowest BCUT2D eigenvalue weighted by atomic mass is 10.1. The molecule has 0 aromatic heterocycles. The molecule has 0 aromatic rings. The molecule has 2 atom stereocenters. The van der Waals surface area contributed by atoms with Crippen LogP contribution in [0.25, 0.3) is 0 Å². The first kappa shape index (κ1) is 17.3. The first-order valence-electron chi connectivity index (χ1n) is 8.58. The van der Waals surface area contributed by atoms with E-state index in [1.807, 2.05) is 50.3 Å². The van der Waals surface area contributed by atoms with E-state index < -0.39 is 6.04 Å². The monoisotopic (exact) mass is 345 g/mol. The summed E-state index contributed by atoms with van der Waals surface area (Å²) >= 11 is 0.